The fraction of sp³-hybridized carbons (Fsp3) is 0.0526. The number of hydrogen-bond acceptors (Lipinski definition) is 4. The summed E-state index contributed by atoms with van der Waals surface area (Å²) in [6, 6.07) is 15.9. The zero-order chi connectivity index (χ0) is 17.1. The molecule has 0 atom stereocenters. The van der Waals surface area contributed by atoms with Crippen LogP contribution in [0.25, 0.3) is 10.8 Å². The number of esters is 2. The summed E-state index contributed by atoms with van der Waals surface area (Å²) >= 11 is 0. The quantitative estimate of drug-likeness (QED) is 0.540. The van der Waals surface area contributed by atoms with Crippen LogP contribution in [-0.4, -0.2) is 19.0 Å². The van der Waals surface area contributed by atoms with Crippen LogP contribution in [-0.2, 0) is 4.74 Å². The van der Waals surface area contributed by atoms with E-state index in [2.05, 4.69) is 0 Å². The van der Waals surface area contributed by atoms with Crippen LogP contribution in [0.5, 0.6) is 5.75 Å². The van der Waals surface area contributed by atoms with E-state index in [0.717, 1.165) is 16.8 Å². The van der Waals surface area contributed by atoms with Crippen molar-refractivity contribution in [2.75, 3.05) is 7.11 Å². The van der Waals surface area contributed by atoms with Gasteiger partial charge in [0.15, 0.2) is 0 Å². The Morgan fingerprint density at radius 3 is 2.12 bits per heavy atom. The van der Waals surface area contributed by atoms with Crippen molar-refractivity contribution in [3.05, 3.63) is 77.6 Å². The van der Waals surface area contributed by atoms with Gasteiger partial charge in [0.2, 0.25) is 0 Å². The Kier molecular flexibility index (Phi) is 4.24. The van der Waals surface area contributed by atoms with Gasteiger partial charge in [0.05, 0.1) is 12.7 Å². The molecule has 3 aromatic carbocycles. The molecule has 3 aromatic rings. The fourth-order valence-electron chi connectivity index (χ4n) is 2.35. The van der Waals surface area contributed by atoms with Crippen molar-refractivity contribution in [3.8, 4) is 5.75 Å². The number of rotatable bonds is 3. The number of halogens is 1. The van der Waals surface area contributed by atoms with Crippen LogP contribution < -0.4 is 4.74 Å². The molecule has 3 rings (SSSR count). The Morgan fingerprint density at radius 1 is 0.833 bits per heavy atom. The highest BCUT2D eigenvalue weighted by Gasteiger charge is 2.19. The van der Waals surface area contributed by atoms with E-state index >= 15 is 0 Å². The van der Waals surface area contributed by atoms with Gasteiger partial charge in [-0.3, -0.25) is 0 Å². The minimum absolute atomic E-state index is 0.0220. The Balaban J connectivity index is 2.05. The van der Waals surface area contributed by atoms with E-state index in [9.17, 15) is 14.0 Å². The average molecular weight is 324 g/mol. The molecule has 0 aliphatic carbocycles. The molecule has 0 spiro atoms. The maximum Gasteiger partial charge on any atom is 0.346 e. The summed E-state index contributed by atoms with van der Waals surface area (Å²) in [7, 11) is 1.24. The number of carbonyl (C=O) groups excluding carboxylic acids is 2. The number of carbonyl (C=O) groups is 2. The maximum atomic E-state index is 13.7. The topological polar surface area (TPSA) is 52.6 Å². The van der Waals surface area contributed by atoms with Gasteiger partial charge in [-0.1, -0.05) is 36.4 Å². The number of fused-ring (bicyclic) bond motifs is 1. The summed E-state index contributed by atoms with van der Waals surface area (Å²) in [5.41, 5.74) is -0.109. The van der Waals surface area contributed by atoms with E-state index in [4.69, 9.17) is 9.47 Å². The molecule has 0 aliphatic rings. The molecule has 0 radical (unpaired) electrons. The van der Waals surface area contributed by atoms with Crippen LogP contribution in [0.2, 0.25) is 0 Å². The van der Waals surface area contributed by atoms with E-state index in [1.54, 1.807) is 12.1 Å². The Hall–Kier alpha value is -3.21. The van der Waals surface area contributed by atoms with Crippen molar-refractivity contribution < 1.29 is 23.5 Å². The van der Waals surface area contributed by atoms with Crippen molar-refractivity contribution in [3.63, 3.8) is 0 Å². The van der Waals surface area contributed by atoms with Crippen molar-refractivity contribution >= 4 is 22.7 Å². The molecule has 24 heavy (non-hydrogen) atoms. The predicted molar refractivity (Wildman–Crippen MR) is 86.6 cm³/mol. The molecule has 0 bridgehead atoms. The second kappa shape index (κ2) is 6.50. The van der Waals surface area contributed by atoms with Gasteiger partial charge in [0.1, 0.15) is 17.1 Å². The lowest BCUT2D eigenvalue weighted by atomic mass is 10.1. The molecule has 0 heterocycles. The monoisotopic (exact) mass is 324 g/mol. The van der Waals surface area contributed by atoms with Gasteiger partial charge < -0.3 is 9.47 Å². The minimum Gasteiger partial charge on any atom is -0.465 e. The minimum atomic E-state index is -0.881. The van der Waals surface area contributed by atoms with E-state index in [1.165, 1.54) is 25.3 Å². The second-order valence-electron chi connectivity index (χ2n) is 5.06. The molecule has 0 fully saturated rings. The van der Waals surface area contributed by atoms with Crippen LogP contribution in [0, 0.1) is 5.82 Å². The summed E-state index contributed by atoms with van der Waals surface area (Å²) in [5.74, 6) is -2.19. The van der Waals surface area contributed by atoms with Gasteiger partial charge in [-0.25, -0.2) is 14.0 Å². The van der Waals surface area contributed by atoms with Crippen LogP contribution in [0.15, 0.2) is 60.7 Å². The Labute approximate surface area is 137 Å². The molecule has 120 valence electrons. The third kappa shape index (κ3) is 2.96. The second-order valence-corrected chi connectivity index (χ2v) is 5.06. The highest BCUT2D eigenvalue weighted by molar-refractivity contribution is 6.00. The van der Waals surface area contributed by atoms with E-state index in [0.29, 0.717) is 0 Å². The molecular weight excluding hydrogens is 311 g/mol. The van der Waals surface area contributed by atoms with Gasteiger partial charge >= 0.3 is 11.9 Å². The normalized spacial score (nSPS) is 10.4. The number of methoxy groups -OCH3 is 1. The predicted octanol–water partition coefficient (Wildman–Crippen LogP) is 3.98. The standard InChI is InChI=1S/C19H13FO4/c1-23-18(21)15-10-12-6-2-3-7-13(12)11-17(15)24-19(22)14-8-4-5-9-16(14)20/h2-11H,1H3. The number of benzene rings is 3. The van der Waals surface area contributed by atoms with Crippen LogP contribution in [0.3, 0.4) is 0 Å². The van der Waals surface area contributed by atoms with Gasteiger partial charge in [-0.2, -0.15) is 0 Å². The summed E-state index contributed by atoms with van der Waals surface area (Å²) in [4.78, 5) is 24.2. The van der Waals surface area contributed by atoms with Gasteiger partial charge in [-0.15, -0.1) is 0 Å². The lowest BCUT2D eigenvalue weighted by molar-refractivity contribution is 0.0593. The van der Waals surface area contributed by atoms with Crippen molar-refractivity contribution in [1.82, 2.24) is 0 Å². The highest BCUT2D eigenvalue weighted by Crippen LogP contribution is 2.27. The third-order valence-electron chi connectivity index (χ3n) is 3.55. The summed E-state index contributed by atoms with van der Waals surface area (Å²) in [5, 5.41) is 1.57. The molecule has 0 aliphatic heterocycles. The first-order chi connectivity index (χ1) is 11.6. The molecule has 4 nitrogen and oxygen atoms in total. The molecule has 0 N–H and O–H groups in total. The average Bonchev–Trinajstić information content (AvgIpc) is 2.60. The molecule has 0 amide bonds. The Morgan fingerprint density at radius 2 is 1.46 bits per heavy atom. The van der Waals surface area contributed by atoms with Crippen LogP contribution >= 0.6 is 0 Å². The summed E-state index contributed by atoms with van der Waals surface area (Å²) in [6.45, 7) is 0. The zero-order valence-electron chi connectivity index (χ0n) is 12.8. The molecule has 0 aromatic heterocycles. The van der Waals surface area contributed by atoms with Gasteiger partial charge in [-0.05, 0) is 35.0 Å². The van der Waals surface area contributed by atoms with Crippen molar-refractivity contribution in [1.29, 1.82) is 0 Å². The fourth-order valence-corrected chi connectivity index (χ4v) is 2.35. The van der Waals surface area contributed by atoms with E-state index in [1.807, 2.05) is 24.3 Å². The van der Waals surface area contributed by atoms with Crippen molar-refractivity contribution in [2.45, 2.75) is 0 Å². The molecule has 0 saturated carbocycles. The zero-order valence-corrected chi connectivity index (χ0v) is 12.8. The lowest BCUT2D eigenvalue weighted by Gasteiger charge is -2.11. The lowest BCUT2D eigenvalue weighted by Crippen LogP contribution is -2.13. The molecular formula is C19H13FO4. The first-order valence-corrected chi connectivity index (χ1v) is 7.18. The van der Waals surface area contributed by atoms with E-state index in [-0.39, 0.29) is 16.9 Å². The Bertz CT molecular complexity index is 934. The largest absolute Gasteiger partial charge is 0.465 e. The SMILES string of the molecule is COC(=O)c1cc2ccccc2cc1OC(=O)c1ccccc1F. The highest BCUT2D eigenvalue weighted by atomic mass is 19.1. The summed E-state index contributed by atoms with van der Waals surface area (Å²) < 4.78 is 23.7. The summed E-state index contributed by atoms with van der Waals surface area (Å²) in [6.07, 6.45) is 0. The van der Waals surface area contributed by atoms with Gasteiger partial charge in [0.25, 0.3) is 0 Å². The van der Waals surface area contributed by atoms with E-state index < -0.39 is 17.8 Å². The third-order valence-corrected chi connectivity index (χ3v) is 3.55. The van der Waals surface area contributed by atoms with Gasteiger partial charge in [0, 0.05) is 0 Å². The van der Waals surface area contributed by atoms with Crippen LogP contribution in [0.4, 0.5) is 4.39 Å². The first-order valence-electron chi connectivity index (χ1n) is 7.18. The molecule has 0 unspecified atom stereocenters. The van der Waals surface area contributed by atoms with Crippen molar-refractivity contribution in [2.24, 2.45) is 0 Å². The first kappa shape index (κ1) is 15.7. The maximum absolute atomic E-state index is 13.7. The number of hydrogen-bond donors (Lipinski definition) is 0. The number of ether oxygens (including phenoxy) is 2. The van der Waals surface area contributed by atoms with Crippen LogP contribution in [0.1, 0.15) is 20.7 Å². The molecule has 0 saturated heterocycles. The smallest absolute Gasteiger partial charge is 0.346 e. The molecule has 5 heteroatoms.